The van der Waals surface area contributed by atoms with Gasteiger partial charge in [0.25, 0.3) is 5.91 Å². The van der Waals surface area contributed by atoms with Crippen LogP contribution >= 0.6 is 23.7 Å². The highest BCUT2D eigenvalue weighted by molar-refractivity contribution is 7.89. The summed E-state index contributed by atoms with van der Waals surface area (Å²) in [5.74, 6) is 1.48. The highest BCUT2D eigenvalue weighted by atomic mass is 35.5. The quantitative estimate of drug-likeness (QED) is 0.333. The van der Waals surface area contributed by atoms with Gasteiger partial charge in [0.05, 0.1) is 29.3 Å². The summed E-state index contributed by atoms with van der Waals surface area (Å²) in [6, 6.07) is 9.93. The first-order valence-corrected chi connectivity index (χ1v) is 15.0. The van der Waals surface area contributed by atoms with E-state index in [1.54, 1.807) is 41.6 Å². The number of carbonyl (C=O) groups is 1. The van der Waals surface area contributed by atoms with E-state index in [0.29, 0.717) is 53.3 Å². The smallest absolute Gasteiger partial charge is 0.260 e. The van der Waals surface area contributed by atoms with Crippen molar-refractivity contribution in [1.29, 1.82) is 0 Å². The fourth-order valence-corrected chi connectivity index (χ4v) is 6.96. The van der Waals surface area contributed by atoms with Gasteiger partial charge in [-0.05, 0) is 70.1 Å². The predicted molar refractivity (Wildman–Crippen MR) is 158 cm³/mol. The Balaban J connectivity index is 0.00000420. The molecular formula is C27H37ClN4O5S2. The molecule has 1 fully saturated rings. The second kappa shape index (κ2) is 13.3. The van der Waals surface area contributed by atoms with E-state index >= 15 is 0 Å². The molecule has 1 aliphatic heterocycles. The third-order valence-corrected chi connectivity index (χ3v) is 9.78. The molecule has 0 spiro atoms. The van der Waals surface area contributed by atoms with Crippen molar-refractivity contribution in [2.45, 2.75) is 31.1 Å². The Kier molecular flexibility index (Phi) is 10.6. The van der Waals surface area contributed by atoms with Crippen LogP contribution in [0.3, 0.4) is 0 Å². The number of hydrogen-bond donors (Lipinski definition) is 0. The van der Waals surface area contributed by atoms with Gasteiger partial charge < -0.3 is 14.4 Å². The highest BCUT2D eigenvalue weighted by Crippen LogP contribution is 2.37. The molecule has 1 aliphatic rings. The minimum atomic E-state index is -3.59. The molecule has 0 radical (unpaired) electrons. The zero-order chi connectivity index (χ0) is 27.4. The van der Waals surface area contributed by atoms with E-state index in [0.717, 1.165) is 30.5 Å². The zero-order valence-electron chi connectivity index (χ0n) is 23.0. The number of anilines is 1. The number of rotatable bonds is 10. The van der Waals surface area contributed by atoms with Crippen LogP contribution in [0.15, 0.2) is 41.3 Å². The molecule has 9 nitrogen and oxygen atoms in total. The fourth-order valence-electron chi connectivity index (χ4n) is 4.49. The molecule has 214 valence electrons. The van der Waals surface area contributed by atoms with E-state index < -0.39 is 10.0 Å². The second-order valence-corrected chi connectivity index (χ2v) is 12.8. The van der Waals surface area contributed by atoms with E-state index in [1.165, 1.54) is 23.5 Å². The average molecular weight is 597 g/mol. The number of sulfonamides is 1. The molecule has 12 heteroatoms. The summed E-state index contributed by atoms with van der Waals surface area (Å²) in [7, 11) is 3.55. The summed E-state index contributed by atoms with van der Waals surface area (Å²) in [6.07, 6.45) is 2.47. The molecule has 0 N–H and O–H groups in total. The summed E-state index contributed by atoms with van der Waals surface area (Å²) >= 11 is 1.40. The number of nitrogens with zero attached hydrogens (tertiary/aromatic N) is 4. The number of ether oxygens (including phenoxy) is 2. The van der Waals surface area contributed by atoms with Gasteiger partial charge in [0.1, 0.15) is 0 Å². The van der Waals surface area contributed by atoms with Crippen molar-refractivity contribution in [2.75, 3.05) is 59.4 Å². The van der Waals surface area contributed by atoms with Gasteiger partial charge in [0.15, 0.2) is 16.6 Å². The second-order valence-electron chi connectivity index (χ2n) is 9.90. The van der Waals surface area contributed by atoms with Gasteiger partial charge in [-0.2, -0.15) is 4.31 Å². The van der Waals surface area contributed by atoms with Crippen LogP contribution in [0.4, 0.5) is 5.13 Å². The van der Waals surface area contributed by atoms with Crippen LogP contribution in [0.1, 0.15) is 36.5 Å². The monoisotopic (exact) mass is 596 g/mol. The number of fused-ring (bicyclic) bond motifs is 1. The van der Waals surface area contributed by atoms with E-state index in [1.807, 2.05) is 20.2 Å². The van der Waals surface area contributed by atoms with E-state index in [9.17, 15) is 13.2 Å². The van der Waals surface area contributed by atoms with Crippen LogP contribution in [0.5, 0.6) is 11.5 Å². The topological polar surface area (TPSA) is 92.3 Å². The molecule has 0 unspecified atom stereocenters. The molecule has 2 heterocycles. The molecule has 4 rings (SSSR count). The summed E-state index contributed by atoms with van der Waals surface area (Å²) in [5.41, 5.74) is 1.13. The van der Waals surface area contributed by atoms with Gasteiger partial charge in [-0.1, -0.05) is 18.3 Å². The standard InChI is InChI=1S/C27H36N4O5S2.ClH/c1-19-11-15-30(16-12-19)38(33,34)21-9-7-20(8-10-21)26(32)31(14-6-13-29(2)3)27-28-22-17-23(35-4)24(36-5)18-25(22)37-27;/h7-10,17-19H,6,11-16H2,1-5H3;1H. The molecule has 39 heavy (non-hydrogen) atoms. The highest BCUT2D eigenvalue weighted by Gasteiger charge is 2.29. The number of carbonyl (C=O) groups excluding carboxylic acids is 1. The van der Waals surface area contributed by atoms with Gasteiger partial charge in [-0.25, -0.2) is 13.4 Å². The minimum absolute atomic E-state index is 0. The van der Waals surface area contributed by atoms with E-state index in [2.05, 4.69) is 11.8 Å². The normalized spacial score (nSPS) is 14.8. The third-order valence-electron chi connectivity index (χ3n) is 6.83. The first-order chi connectivity index (χ1) is 18.1. The first kappa shape index (κ1) is 31.1. The lowest BCUT2D eigenvalue weighted by Crippen LogP contribution is -2.38. The number of hydrogen-bond acceptors (Lipinski definition) is 8. The van der Waals surface area contributed by atoms with Crippen molar-refractivity contribution in [2.24, 2.45) is 5.92 Å². The van der Waals surface area contributed by atoms with E-state index in [-0.39, 0.29) is 23.2 Å². The molecule has 0 saturated carbocycles. The molecule has 3 aromatic rings. The SMILES string of the molecule is COc1cc2nc(N(CCCN(C)C)C(=O)c3ccc(S(=O)(=O)N4CCC(C)CC4)cc3)sc2cc1OC.Cl. The van der Waals surface area contributed by atoms with Gasteiger partial charge in [-0.15, -0.1) is 12.4 Å². The lowest BCUT2D eigenvalue weighted by molar-refractivity contribution is 0.0986. The molecule has 0 atom stereocenters. The average Bonchev–Trinajstić information content (AvgIpc) is 3.32. The van der Waals surface area contributed by atoms with Crippen LogP contribution < -0.4 is 14.4 Å². The number of aromatic nitrogens is 1. The van der Waals surface area contributed by atoms with Crippen LogP contribution in [0, 0.1) is 5.92 Å². The largest absolute Gasteiger partial charge is 0.493 e. The zero-order valence-corrected chi connectivity index (χ0v) is 25.5. The lowest BCUT2D eigenvalue weighted by atomic mass is 10.0. The van der Waals surface area contributed by atoms with Crippen molar-refractivity contribution in [3.8, 4) is 11.5 Å². The summed E-state index contributed by atoms with van der Waals surface area (Å²) < 4.78 is 39.5. The number of methoxy groups -OCH3 is 2. The van der Waals surface area contributed by atoms with Crippen molar-refractivity contribution in [3.63, 3.8) is 0 Å². The maximum atomic E-state index is 13.7. The van der Waals surface area contributed by atoms with Crippen molar-refractivity contribution in [3.05, 3.63) is 42.0 Å². The molecule has 1 amide bonds. The third kappa shape index (κ3) is 7.01. The molecule has 1 aromatic heterocycles. The number of amides is 1. The van der Waals surface area contributed by atoms with Crippen molar-refractivity contribution >= 4 is 55.0 Å². The Morgan fingerprint density at radius 3 is 2.26 bits per heavy atom. The van der Waals surface area contributed by atoms with Crippen LogP contribution in [-0.2, 0) is 10.0 Å². The molecule has 1 saturated heterocycles. The minimum Gasteiger partial charge on any atom is -0.493 e. The molecule has 2 aromatic carbocycles. The Morgan fingerprint density at radius 1 is 1.05 bits per heavy atom. The van der Waals surface area contributed by atoms with E-state index in [4.69, 9.17) is 14.5 Å². The maximum Gasteiger partial charge on any atom is 0.260 e. The van der Waals surface area contributed by atoms with Crippen LogP contribution in [-0.4, -0.2) is 83.0 Å². The summed E-state index contributed by atoms with van der Waals surface area (Å²) in [6.45, 7) is 4.47. The maximum absolute atomic E-state index is 13.7. The number of thiazole rings is 1. The summed E-state index contributed by atoms with van der Waals surface area (Å²) in [4.78, 5) is 22.4. The number of halogens is 1. The summed E-state index contributed by atoms with van der Waals surface area (Å²) in [5, 5.41) is 0.568. The molecule has 0 aliphatic carbocycles. The molecular weight excluding hydrogens is 560 g/mol. The lowest BCUT2D eigenvalue weighted by Gasteiger charge is -2.29. The van der Waals surface area contributed by atoms with Gasteiger partial charge in [-0.3, -0.25) is 9.69 Å². The molecule has 0 bridgehead atoms. The Bertz CT molecular complexity index is 1330. The van der Waals surface area contributed by atoms with Gasteiger partial charge in [0.2, 0.25) is 10.0 Å². The Morgan fingerprint density at radius 2 is 1.67 bits per heavy atom. The van der Waals surface area contributed by atoms with Gasteiger partial charge in [0, 0.05) is 37.3 Å². The fraction of sp³-hybridized carbons (Fsp3) is 0.481. The Labute approximate surface area is 241 Å². The number of benzene rings is 2. The van der Waals surface area contributed by atoms with Gasteiger partial charge >= 0.3 is 0 Å². The van der Waals surface area contributed by atoms with Crippen LogP contribution in [0.25, 0.3) is 10.2 Å². The number of piperidine rings is 1. The van der Waals surface area contributed by atoms with Crippen molar-refractivity contribution < 1.29 is 22.7 Å². The predicted octanol–water partition coefficient (Wildman–Crippen LogP) is 4.75. The van der Waals surface area contributed by atoms with Crippen molar-refractivity contribution in [1.82, 2.24) is 14.2 Å². The first-order valence-electron chi connectivity index (χ1n) is 12.7. The Hall–Kier alpha value is -2.44. The van der Waals surface area contributed by atoms with Crippen LogP contribution in [0.2, 0.25) is 0 Å².